The van der Waals surface area contributed by atoms with Gasteiger partial charge in [0, 0.05) is 6.04 Å². The molecular weight excluding hydrogens is 366 g/mol. The Morgan fingerprint density at radius 2 is 1.90 bits per heavy atom. The van der Waals surface area contributed by atoms with Gasteiger partial charge in [0.2, 0.25) is 5.84 Å². The van der Waals surface area contributed by atoms with Crippen molar-refractivity contribution < 1.29 is 9.53 Å². The van der Waals surface area contributed by atoms with Crippen molar-refractivity contribution in [1.29, 1.82) is 16.1 Å². The van der Waals surface area contributed by atoms with Gasteiger partial charge in [-0.1, -0.05) is 13.8 Å². The highest BCUT2D eigenvalue weighted by atomic mass is 16.5. The molecule has 0 radical (unpaired) electrons. The molecule has 0 unspecified atom stereocenters. The molecule has 3 N–H and O–H groups in total. The van der Waals surface area contributed by atoms with E-state index in [-0.39, 0.29) is 29.6 Å². The van der Waals surface area contributed by atoms with Gasteiger partial charge in [0.1, 0.15) is 5.75 Å². The summed E-state index contributed by atoms with van der Waals surface area (Å²) in [5.74, 6) is -0.0793. The largest absolute Gasteiger partial charge is 0.490 e. The van der Waals surface area contributed by atoms with Crippen LogP contribution in [-0.4, -0.2) is 35.8 Å². The molecule has 1 aromatic rings. The van der Waals surface area contributed by atoms with E-state index in [4.69, 9.17) is 20.8 Å². The summed E-state index contributed by atoms with van der Waals surface area (Å²) in [5.41, 5.74) is 2.87. The van der Waals surface area contributed by atoms with E-state index in [2.05, 4.69) is 16.4 Å². The number of rotatable bonds is 5. The van der Waals surface area contributed by atoms with Crippen LogP contribution in [0.15, 0.2) is 17.1 Å². The van der Waals surface area contributed by atoms with E-state index in [9.17, 15) is 4.79 Å². The number of amidine groups is 1. The third-order valence-electron chi connectivity index (χ3n) is 5.33. The molecule has 0 spiro atoms. The summed E-state index contributed by atoms with van der Waals surface area (Å²) >= 11 is 0. The van der Waals surface area contributed by atoms with Crippen LogP contribution in [0.4, 0.5) is 0 Å². The van der Waals surface area contributed by atoms with Gasteiger partial charge in [0.05, 0.1) is 29.7 Å². The van der Waals surface area contributed by atoms with Crippen LogP contribution in [0.5, 0.6) is 5.75 Å². The Hall–Kier alpha value is -3.01. The smallest absolute Gasteiger partial charge is 0.288 e. The maximum Gasteiger partial charge on any atom is 0.288 e. The predicted octanol–water partition coefficient (Wildman–Crippen LogP) is 3.71. The van der Waals surface area contributed by atoms with Crippen LogP contribution in [0.3, 0.4) is 0 Å². The fourth-order valence-corrected chi connectivity index (χ4v) is 3.14. The van der Waals surface area contributed by atoms with Gasteiger partial charge in [-0.3, -0.25) is 10.2 Å². The highest BCUT2D eigenvalue weighted by Crippen LogP contribution is 2.29. The number of nitrogens with zero attached hydrogens (tertiary/aromatic N) is 2. The minimum absolute atomic E-state index is 0.00780. The second-order valence-electron chi connectivity index (χ2n) is 7.75. The predicted molar refractivity (Wildman–Crippen MR) is 114 cm³/mol. The van der Waals surface area contributed by atoms with Crippen molar-refractivity contribution in [3.05, 3.63) is 28.8 Å². The maximum absolute atomic E-state index is 12.1. The molecule has 0 bridgehead atoms. The number of nitriles is 1. The third-order valence-corrected chi connectivity index (χ3v) is 5.33. The average molecular weight is 396 g/mol. The van der Waals surface area contributed by atoms with Crippen molar-refractivity contribution in [2.24, 2.45) is 10.9 Å². The lowest BCUT2D eigenvalue weighted by Gasteiger charge is -2.30. The monoisotopic (exact) mass is 395 g/mol. The van der Waals surface area contributed by atoms with Crippen LogP contribution in [0.25, 0.3) is 0 Å². The molecule has 7 nitrogen and oxygen atoms in total. The zero-order valence-electron chi connectivity index (χ0n) is 17.5. The van der Waals surface area contributed by atoms with Gasteiger partial charge in [0.25, 0.3) is 5.91 Å². The lowest BCUT2D eigenvalue weighted by molar-refractivity contribution is -0.115. The van der Waals surface area contributed by atoms with Gasteiger partial charge < -0.3 is 15.5 Å². The molecule has 1 aromatic carbocycles. The first-order valence-corrected chi connectivity index (χ1v) is 9.91. The Balaban J connectivity index is 1.84. The molecule has 1 aliphatic carbocycles. The lowest BCUT2D eigenvalue weighted by atomic mass is 9.92. The van der Waals surface area contributed by atoms with Gasteiger partial charge >= 0.3 is 0 Å². The van der Waals surface area contributed by atoms with E-state index in [0.29, 0.717) is 5.56 Å². The van der Waals surface area contributed by atoms with Crippen LogP contribution in [0.2, 0.25) is 0 Å². The van der Waals surface area contributed by atoms with Crippen molar-refractivity contribution >= 4 is 23.7 Å². The van der Waals surface area contributed by atoms with Crippen LogP contribution in [0.1, 0.15) is 56.2 Å². The summed E-state index contributed by atoms with van der Waals surface area (Å²) in [4.78, 5) is 15.9. The average Bonchev–Trinajstić information content (AvgIpc) is 2.70. The van der Waals surface area contributed by atoms with Crippen molar-refractivity contribution in [3.63, 3.8) is 0 Å². The molecule has 0 aromatic heterocycles. The third kappa shape index (κ3) is 5.98. The van der Waals surface area contributed by atoms with E-state index < -0.39 is 5.91 Å². The normalized spacial score (nSPS) is 19.0. The first-order valence-electron chi connectivity index (χ1n) is 9.91. The number of nitrogens with one attached hydrogen (secondary N) is 3. The molecule has 1 fully saturated rings. The van der Waals surface area contributed by atoms with E-state index in [1.165, 1.54) is 6.21 Å². The zero-order valence-corrected chi connectivity index (χ0v) is 17.5. The van der Waals surface area contributed by atoms with E-state index in [0.717, 1.165) is 42.6 Å². The second kappa shape index (κ2) is 9.97. The molecule has 29 heavy (non-hydrogen) atoms. The molecule has 1 aliphatic rings. The lowest BCUT2D eigenvalue weighted by Crippen LogP contribution is -2.42. The summed E-state index contributed by atoms with van der Waals surface area (Å²) < 4.78 is 6.14. The van der Waals surface area contributed by atoms with Crippen molar-refractivity contribution in [1.82, 2.24) is 5.32 Å². The number of carbonyl (C=O) groups excluding carboxylic acids is 1. The zero-order chi connectivity index (χ0) is 21.6. The van der Waals surface area contributed by atoms with Crippen LogP contribution in [-0.2, 0) is 4.79 Å². The molecule has 0 atom stereocenters. The molecule has 1 saturated carbocycles. The number of benzene rings is 1. The van der Waals surface area contributed by atoms with Crippen LogP contribution < -0.4 is 10.1 Å². The Labute approximate surface area is 172 Å². The highest BCUT2D eigenvalue weighted by Gasteiger charge is 2.25. The summed E-state index contributed by atoms with van der Waals surface area (Å²) in [6.45, 7) is 7.61. The summed E-state index contributed by atoms with van der Waals surface area (Å²) in [5, 5.41) is 27.4. The number of aliphatic imine (C=N–C) groups is 1. The van der Waals surface area contributed by atoms with Gasteiger partial charge in [-0.2, -0.15) is 5.26 Å². The summed E-state index contributed by atoms with van der Waals surface area (Å²) in [6, 6.07) is 5.81. The molecule has 7 heteroatoms. The number of hydrogen-bond acceptors (Lipinski definition) is 5. The Morgan fingerprint density at radius 1 is 1.24 bits per heavy atom. The molecule has 1 amide bonds. The number of carbonyl (C=O) groups is 1. The standard InChI is InChI=1S/C22H29N5O2/c1-13(2)19(24)12-26-21(25)22(28)27-17-6-8-18(9-7-17)29-20-10-5-16(11-23)14(3)15(20)4/h5,10,12-13,17-18,24-25H,6-9H2,1-4H3,(H,27,28). The quantitative estimate of drug-likeness (QED) is 0.520. The van der Waals surface area contributed by atoms with Crippen molar-refractivity contribution in [2.75, 3.05) is 0 Å². The van der Waals surface area contributed by atoms with Crippen molar-refractivity contribution in [2.45, 2.75) is 65.5 Å². The second-order valence-corrected chi connectivity index (χ2v) is 7.75. The number of amides is 1. The molecule has 0 aliphatic heterocycles. The minimum atomic E-state index is -0.513. The molecule has 154 valence electrons. The van der Waals surface area contributed by atoms with E-state index in [1.54, 1.807) is 6.07 Å². The van der Waals surface area contributed by atoms with E-state index in [1.807, 2.05) is 33.8 Å². The minimum Gasteiger partial charge on any atom is -0.490 e. The Kier molecular flexibility index (Phi) is 7.66. The first kappa shape index (κ1) is 22.3. The molecule has 0 saturated heterocycles. The van der Waals surface area contributed by atoms with Gasteiger partial charge in [-0.15, -0.1) is 0 Å². The Bertz CT molecular complexity index is 859. The van der Waals surface area contributed by atoms with Crippen LogP contribution >= 0.6 is 0 Å². The SMILES string of the molecule is Cc1c(C#N)ccc(OC2CCC(NC(=O)C(=N)N=CC(=N)C(C)C)CC2)c1C. The summed E-state index contributed by atoms with van der Waals surface area (Å²) in [7, 11) is 0. The fourth-order valence-electron chi connectivity index (χ4n) is 3.14. The van der Waals surface area contributed by atoms with Gasteiger partial charge in [0.15, 0.2) is 0 Å². The Morgan fingerprint density at radius 3 is 2.48 bits per heavy atom. The maximum atomic E-state index is 12.1. The van der Waals surface area contributed by atoms with Crippen LogP contribution in [0, 0.1) is 41.9 Å². The summed E-state index contributed by atoms with van der Waals surface area (Å²) in [6.07, 6.45) is 4.47. The fraction of sp³-hybridized carbons (Fsp3) is 0.500. The van der Waals surface area contributed by atoms with E-state index >= 15 is 0 Å². The number of ether oxygens (including phenoxy) is 1. The number of hydrogen-bond donors (Lipinski definition) is 3. The molecular formula is C22H29N5O2. The van der Waals surface area contributed by atoms with Gasteiger partial charge in [-0.25, -0.2) is 4.99 Å². The topological polar surface area (TPSA) is 122 Å². The first-order chi connectivity index (χ1) is 13.7. The van der Waals surface area contributed by atoms with Crippen molar-refractivity contribution in [3.8, 4) is 11.8 Å². The molecule has 0 heterocycles. The molecule has 2 rings (SSSR count). The van der Waals surface area contributed by atoms with Gasteiger partial charge in [-0.05, 0) is 68.7 Å². The highest BCUT2D eigenvalue weighted by molar-refractivity contribution is 6.41.